The van der Waals surface area contributed by atoms with Crippen LogP contribution in [0.5, 0.6) is 0 Å². The van der Waals surface area contributed by atoms with Crippen molar-refractivity contribution in [2.24, 2.45) is 0 Å². The Labute approximate surface area is 90.6 Å². The van der Waals surface area contributed by atoms with Gasteiger partial charge in [-0.15, -0.1) is 13.2 Å². The third-order valence-corrected chi connectivity index (χ3v) is 1.93. The summed E-state index contributed by atoms with van der Waals surface area (Å²) in [5.41, 5.74) is -2.22. The number of hydrogen-bond donors (Lipinski definition) is 0. The fraction of sp³-hybridized carbons (Fsp3) is 0.600. The van der Waals surface area contributed by atoms with E-state index in [2.05, 4.69) is 13.2 Å². The van der Waals surface area contributed by atoms with E-state index in [0.29, 0.717) is 6.92 Å². The van der Waals surface area contributed by atoms with Gasteiger partial charge in [-0.3, -0.25) is 0 Å². The zero-order chi connectivity index (χ0) is 13.6. The summed E-state index contributed by atoms with van der Waals surface area (Å²) in [6.07, 6.45) is -2.53. The van der Waals surface area contributed by atoms with Gasteiger partial charge in [0.25, 0.3) is 5.92 Å². The van der Waals surface area contributed by atoms with Gasteiger partial charge in [-0.05, 0) is 20.3 Å². The van der Waals surface area contributed by atoms with Crippen LogP contribution in [0.1, 0.15) is 26.7 Å². The molecule has 0 spiro atoms. The van der Waals surface area contributed by atoms with Crippen LogP contribution >= 0.6 is 0 Å². The maximum atomic E-state index is 12.2. The highest BCUT2D eigenvalue weighted by Gasteiger charge is 2.59. The Hall–Kier alpha value is -0.940. The molecule has 0 aliphatic heterocycles. The standard InChI is InChI=1S/C5H7F3.C3H3F3.C2H4/c1-4(6)2-3-5(4,7)8;1-2(4)3(5)6;1-2/h2-3H2,1H3;1H3;1-2H2. The molecular formula is C10H14F6. The minimum absolute atomic E-state index is 0. The van der Waals surface area contributed by atoms with Gasteiger partial charge in [0.05, 0.1) is 0 Å². The second kappa shape index (κ2) is 6.60. The first-order valence-corrected chi connectivity index (χ1v) is 4.34. The molecule has 16 heavy (non-hydrogen) atoms. The van der Waals surface area contributed by atoms with Gasteiger partial charge in [0.2, 0.25) is 0 Å². The topological polar surface area (TPSA) is 0 Å². The van der Waals surface area contributed by atoms with Crippen LogP contribution in [0.4, 0.5) is 26.3 Å². The minimum Gasteiger partial charge on any atom is -0.238 e. The summed E-state index contributed by atoms with van der Waals surface area (Å²) in [6.45, 7) is 7.64. The lowest BCUT2D eigenvalue weighted by Gasteiger charge is -2.39. The fourth-order valence-corrected chi connectivity index (χ4v) is 0.658. The summed E-state index contributed by atoms with van der Waals surface area (Å²) < 4.78 is 68.4. The van der Waals surface area contributed by atoms with Crippen molar-refractivity contribution in [2.45, 2.75) is 38.3 Å². The average molecular weight is 248 g/mol. The van der Waals surface area contributed by atoms with E-state index in [1.807, 2.05) is 0 Å². The van der Waals surface area contributed by atoms with Crippen LogP contribution in [-0.4, -0.2) is 11.6 Å². The average Bonchev–Trinajstić information content (AvgIpc) is 2.20. The Morgan fingerprint density at radius 3 is 1.25 bits per heavy atom. The van der Waals surface area contributed by atoms with Gasteiger partial charge in [-0.2, -0.15) is 8.78 Å². The van der Waals surface area contributed by atoms with E-state index in [9.17, 15) is 26.3 Å². The maximum Gasteiger partial charge on any atom is 0.301 e. The number of hydrogen-bond acceptors (Lipinski definition) is 0. The molecule has 0 aromatic heterocycles. The molecule has 1 fully saturated rings. The SMILES string of the molecule is C=C.CC(F)=C(F)F.CC1(F)CCC1(F)F. The normalized spacial score (nSPS) is 25.0. The van der Waals surface area contributed by atoms with Crippen LogP contribution < -0.4 is 0 Å². The van der Waals surface area contributed by atoms with Crippen LogP contribution in [-0.2, 0) is 0 Å². The van der Waals surface area contributed by atoms with Gasteiger partial charge in [-0.25, -0.2) is 17.6 Å². The molecule has 0 heterocycles. The van der Waals surface area contributed by atoms with Gasteiger partial charge in [0.15, 0.2) is 11.5 Å². The van der Waals surface area contributed by atoms with Gasteiger partial charge in [-0.1, -0.05) is 0 Å². The first-order valence-electron chi connectivity index (χ1n) is 4.34. The Kier molecular flexibility index (Phi) is 7.20. The first kappa shape index (κ1) is 17.5. The van der Waals surface area contributed by atoms with Crippen molar-refractivity contribution in [1.29, 1.82) is 0 Å². The number of halogens is 6. The van der Waals surface area contributed by atoms with E-state index in [0.717, 1.165) is 6.92 Å². The van der Waals surface area contributed by atoms with Gasteiger partial charge in [0, 0.05) is 6.42 Å². The summed E-state index contributed by atoms with van der Waals surface area (Å²) in [5.74, 6) is -4.46. The summed E-state index contributed by atoms with van der Waals surface area (Å²) in [7, 11) is 0. The molecule has 0 aromatic rings. The molecule has 1 saturated carbocycles. The van der Waals surface area contributed by atoms with Crippen molar-refractivity contribution in [3.8, 4) is 0 Å². The van der Waals surface area contributed by atoms with Crippen molar-refractivity contribution in [1.82, 2.24) is 0 Å². The lowest BCUT2D eigenvalue weighted by atomic mass is 9.79. The summed E-state index contributed by atoms with van der Waals surface area (Å²) in [4.78, 5) is 0. The number of alkyl halides is 3. The molecule has 96 valence electrons. The quantitative estimate of drug-likeness (QED) is 0.416. The molecule has 1 atom stereocenters. The van der Waals surface area contributed by atoms with E-state index in [1.165, 1.54) is 0 Å². The van der Waals surface area contributed by atoms with E-state index in [1.54, 1.807) is 0 Å². The highest BCUT2D eigenvalue weighted by Crippen LogP contribution is 2.49. The molecule has 0 nitrogen and oxygen atoms in total. The largest absolute Gasteiger partial charge is 0.301 e. The second-order valence-corrected chi connectivity index (χ2v) is 3.20. The predicted molar refractivity (Wildman–Crippen MR) is 51.0 cm³/mol. The monoisotopic (exact) mass is 248 g/mol. The molecule has 1 unspecified atom stereocenters. The highest BCUT2D eigenvalue weighted by molar-refractivity contribution is 4.99. The Morgan fingerprint density at radius 2 is 1.25 bits per heavy atom. The molecular weight excluding hydrogens is 234 g/mol. The molecule has 0 bridgehead atoms. The van der Waals surface area contributed by atoms with Crippen LogP contribution in [0.15, 0.2) is 25.1 Å². The molecule has 1 rings (SSSR count). The van der Waals surface area contributed by atoms with Crippen LogP contribution in [0.25, 0.3) is 0 Å². The van der Waals surface area contributed by atoms with Crippen molar-refractivity contribution < 1.29 is 26.3 Å². The van der Waals surface area contributed by atoms with Gasteiger partial charge < -0.3 is 0 Å². The molecule has 1 aliphatic carbocycles. The number of allylic oxidation sites excluding steroid dienone is 1. The molecule has 0 aromatic carbocycles. The summed E-state index contributed by atoms with van der Waals surface area (Å²) >= 11 is 0. The van der Waals surface area contributed by atoms with Gasteiger partial charge in [0.1, 0.15) is 0 Å². The molecule has 0 radical (unpaired) electrons. The smallest absolute Gasteiger partial charge is 0.238 e. The van der Waals surface area contributed by atoms with Crippen molar-refractivity contribution in [2.75, 3.05) is 0 Å². The Morgan fingerprint density at radius 1 is 1.00 bits per heavy atom. The van der Waals surface area contributed by atoms with E-state index < -0.39 is 23.5 Å². The van der Waals surface area contributed by atoms with Gasteiger partial charge >= 0.3 is 6.08 Å². The van der Waals surface area contributed by atoms with Crippen molar-refractivity contribution in [3.63, 3.8) is 0 Å². The van der Waals surface area contributed by atoms with Crippen molar-refractivity contribution in [3.05, 3.63) is 25.1 Å². The zero-order valence-electron chi connectivity index (χ0n) is 9.10. The predicted octanol–water partition coefficient (Wildman–Crippen LogP) is 5.03. The minimum atomic E-state index is -3.05. The third-order valence-electron chi connectivity index (χ3n) is 1.93. The molecule has 6 heteroatoms. The van der Waals surface area contributed by atoms with Crippen LogP contribution in [0.2, 0.25) is 0 Å². The fourth-order valence-electron chi connectivity index (χ4n) is 0.658. The molecule has 0 N–H and O–H groups in total. The Bertz CT molecular complexity index is 212. The summed E-state index contributed by atoms with van der Waals surface area (Å²) in [5, 5.41) is 0. The zero-order valence-corrected chi connectivity index (χ0v) is 9.10. The summed E-state index contributed by atoms with van der Waals surface area (Å²) in [6, 6.07) is 0. The van der Waals surface area contributed by atoms with Crippen LogP contribution in [0, 0.1) is 0 Å². The molecule has 0 amide bonds. The highest BCUT2D eigenvalue weighted by atomic mass is 19.3. The second-order valence-electron chi connectivity index (χ2n) is 3.20. The van der Waals surface area contributed by atoms with E-state index in [4.69, 9.17) is 0 Å². The third kappa shape index (κ3) is 5.23. The molecule has 0 saturated heterocycles. The van der Waals surface area contributed by atoms with Crippen LogP contribution in [0.3, 0.4) is 0 Å². The van der Waals surface area contributed by atoms with E-state index in [-0.39, 0.29) is 12.8 Å². The number of rotatable bonds is 0. The Balaban J connectivity index is 0. The molecule has 1 aliphatic rings. The lowest BCUT2D eigenvalue weighted by Crippen LogP contribution is -2.51. The first-order chi connectivity index (χ1) is 7.10. The maximum absolute atomic E-state index is 12.2. The van der Waals surface area contributed by atoms with E-state index >= 15 is 0 Å². The van der Waals surface area contributed by atoms with Crippen molar-refractivity contribution >= 4 is 0 Å². The lowest BCUT2D eigenvalue weighted by molar-refractivity contribution is -0.201.